The van der Waals surface area contributed by atoms with Gasteiger partial charge in [0.25, 0.3) is 5.22 Å². The second-order valence-corrected chi connectivity index (χ2v) is 4.38. The number of aromatic nitrogens is 1. The topological polar surface area (TPSA) is 51.2 Å². The molecule has 0 aliphatic carbocycles. The van der Waals surface area contributed by atoms with Crippen LogP contribution in [0.4, 0.5) is 0 Å². The number of nitrogens with zero attached hydrogens (tertiary/aromatic N) is 1. The summed E-state index contributed by atoms with van der Waals surface area (Å²) < 4.78 is 10.4. The summed E-state index contributed by atoms with van der Waals surface area (Å²) in [4.78, 5) is 4.03. The molecule has 1 atom stereocenters. The Labute approximate surface area is 98.4 Å². The van der Waals surface area contributed by atoms with Crippen LogP contribution in [0, 0.1) is 0 Å². The van der Waals surface area contributed by atoms with Crippen LogP contribution in [0.2, 0.25) is 0 Å². The number of thioether (sulfide) groups is 1. The molecule has 0 amide bonds. The lowest BCUT2D eigenvalue weighted by molar-refractivity contribution is 0.437. The minimum atomic E-state index is 0.236. The fourth-order valence-corrected chi connectivity index (χ4v) is 1.99. The van der Waals surface area contributed by atoms with Crippen LogP contribution in [0.3, 0.4) is 0 Å². The third-order valence-corrected chi connectivity index (χ3v) is 3.01. The first-order chi connectivity index (χ1) is 7.86. The Bertz CT molecular complexity index is 386. The van der Waals surface area contributed by atoms with Crippen molar-refractivity contribution in [2.75, 3.05) is 12.3 Å². The molecule has 16 heavy (non-hydrogen) atoms. The van der Waals surface area contributed by atoms with Crippen molar-refractivity contribution < 1.29 is 8.83 Å². The van der Waals surface area contributed by atoms with Gasteiger partial charge in [0.15, 0.2) is 0 Å². The molecule has 0 fully saturated rings. The molecule has 0 spiro atoms. The monoisotopic (exact) mass is 238 g/mol. The predicted molar refractivity (Wildman–Crippen MR) is 62.4 cm³/mol. The van der Waals surface area contributed by atoms with Gasteiger partial charge in [-0.15, -0.1) is 0 Å². The second kappa shape index (κ2) is 5.77. The van der Waals surface area contributed by atoms with Crippen LogP contribution in [0.5, 0.6) is 0 Å². The van der Waals surface area contributed by atoms with Crippen molar-refractivity contribution in [3.05, 3.63) is 36.6 Å². The zero-order valence-electron chi connectivity index (χ0n) is 9.05. The molecular weight excluding hydrogens is 224 g/mol. The van der Waals surface area contributed by atoms with Gasteiger partial charge in [0.05, 0.1) is 18.5 Å². The highest BCUT2D eigenvalue weighted by atomic mass is 32.2. The maximum Gasteiger partial charge on any atom is 0.255 e. The summed E-state index contributed by atoms with van der Waals surface area (Å²) in [5.41, 5.74) is 0. The van der Waals surface area contributed by atoms with Crippen molar-refractivity contribution in [1.82, 2.24) is 10.3 Å². The van der Waals surface area contributed by atoms with Gasteiger partial charge >= 0.3 is 0 Å². The third-order valence-electron chi connectivity index (χ3n) is 2.16. The van der Waals surface area contributed by atoms with E-state index < -0.39 is 0 Å². The van der Waals surface area contributed by atoms with Gasteiger partial charge < -0.3 is 14.2 Å². The van der Waals surface area contributed by atoms with Crippen LogP contribution in [0.15, 0.2) is 44.9 Å². The van der Waals surface area contributed by atoms with Crippen LogP contribution >= 0.6 is 11.8 Å². The molecule has 1 N–H and O–H groups in total. The molecule has 0 saturated carbocycles. The lowest BCUT2D eigenvalue weighted by Gasteiger charge is -2.09. The Kier molecular flexibility index (Phi) is 4.07. The van der Waals surface area contributed by atoms with Gasteiger partial charge in [-0.05, 0) is 19.1 Å². The van der Waals surface area contributed by atoms with Crippen LogP contribution < -0.4 is 5.32 Å². The molecule has 5 heteroatoms. The van der Waals surface area contributed by atoms with E-state index in [2.05, 4.69) is 17.2 Å². The first kappa shape index (κ1) is 11.3. The molecule has 86 valence electrons. The summed E-state index contributed by atoms with van der Waals surface area (Å²) in [6.45, 7) is 2.96. The van der Waals surface area contributed by atoms with Crippen molar-refractivity contribution in [2.24, 2.45) is 0 Å². The highest BCUT2D eigenvalue weighted by Gasteiger charge is 2.06. The second-order valence-electron chi connectivity index (χ2n) is 3.34. The predicted octanol–water partition coefficient (Wildman–Crippen LogP) is 2.71. The van der Waals surface area contributed by atoms with E-state index in [1.54, 1.807) is 30.5 Å². The third kappa shape index (κ3) is 3.15. The molecular formula is C11H14N2O2S. The van der Waals surface area contributed by atoms with Gasteiger partial charge in [0, 0.05) is 12.3 Å². The van der Waals surface area contributed by atoms with Gasteiger partial charge in [-0.3, -0.25) is 0 Å². The Balaban J connectivity index is 1.65. The Morgan fingerprint density at radius 3 is 3.06 bits per heavy atom. The molecule has 0 bridgehead atoms. The highest BCUT2D eigenvalue weighted by molar-refractivity contribution is 7.99. The Morgan fingerprint density at radius 1 is 1.44 bits per heavy atom. The van der Waals surface area contributed by atoms with E-state index in [0.29, 0.717) is 5.22 Å². The average molecular weight is 238 g/mol. The first-order valence-corrected chi connectivity index (χ1v) is 6.14. The standard InChI is InChI=1S/C11H14N2O2S/c1-9(10-3-2-6-14-10)12-5-8-16-11-13-4-7-15-11/h2-4,6-7,9,12H,5,8H2,1H3. The van der Waals surface area contributed by atoms with E-state index in [1.165, 1.54) is 0 Å². The lowest BCUT2D eigenvalue weighted by Crippen LogP contribution is -2.20. The van der Waals surface area contributed by atoms with Crippen molar-refractivity contribution >= 4 is 11.8 Å². The smallest absolute Gasteiger partial charge is 0.255 e. The van der Waals surface area contributed by atoms with E-state index in [1.807, 2.05) is 12.1 Å². The van der Waals surface area contributed by atoms with Crippen molar-refractivity contribution in [3.8, 4) is 0 Å². The quantitative estimate of drug-likeness (QED) is 0.619. The molecule has 0 radical (unpaired) electrons. The van der Waals surface area contributed by atoms with E-state index in [0.717, 1.165) is 18.1 Å². The molecule has 1 unspecified atom stereocenters. The SMILES string of the molecule is CC(NCCSc1ncco1)c1ccco1. The minimum Gasteiger partial charge on any atom is -0.468 e. The number of rotatable bonds is 6. The van der Waals surface area contributed by atoms with Crippen molar-refractivity contribution in [2.45, 2.75) is 18.2 Å². The molecule has 0 aliphatic rings. The minimum absolute atomic E-state index is 0.236. The van der Waals surface area contributed by atoms with Crippen LogP contribution in [0.25, 0.3) is 0 Å². The maximum absolute atomic E-state index is 5.30. The first-order valence-electron chi connectivity index (χ1n) is 5.15. The van der Waals surface area contributed by atoms with Gasteiger partial charge in [-0.2, -0.15) is 0 Å². The summed E-state index contributed by atoms with van der Waals surface area (Å²) in [7, 11) is 0. The zero-order chi connectivity index (χ0) is 11.2. The van der Waals surface area contributed by atoms with Gasteiger partial charge in [-0.1, -0.05) is 11.8 Å². The number of oxazole rings is 1. The zero-order valence-corrected chi connectivity index (χ0v) is 9.87. The van der Waals surface area contributed by atoms with Gasteiger partial charge in [-0.25, -0.2) is 4.98 Å². The maximum atomic E-state index is 5.30. The summed E-state index contributed by atoms with van der Waals surface area (Å²) in [6, 6.07) is 4.11. The van der Waals surface area contributed by atoms with E-state index >= 15 is 0 Å². The number of hydrogen-bond donors (Lipinski definition) is 1. The van der Waals surface area contributed by atoms with Crippen molar-refractivity contribution in [3.63, 3.8) is 0 Å². The molecule has 2 heterocycles. The molecule has 0 aliphatic heterocycles. The van der Waals surface area contributed by atoms with Crippen molar-refractivity contribution in [1.29, 1.82) is 0 Å². The van der Waals surface area contributed by atoms with Crippen LogP contribution in [-0.4, -0.2) is 17.3 Å². The fourth-order valence-electron chi connectivity index (χ4n) is 1.33. The highest BCUT2D eigenvalue weighted by Crippen LogP contribution is 2.15. The summed E-state index contributed by atoms with van der Waals surface area (Å²) in [6.07, 6.45) is 4.93. The van der Waals surface area contributed by atoms with Gasteiger partial charge in [0.1, 0.15) is 12.0 Å². The number of hydrogen-bond acceptors (Lipinski definition) is 5. The summed E-state index contributed by atoms with van der Waals surface area (Å²) >= 11 is 1.60. The molecule has 2 aromatic heterocycles. The van der Waals surface area contributed by atoms with Crippen LogP contribution in [0.1, 0.15) is 18.7 Å². The van der Waals surface area contributed by atoms with E-state index in [4.69, 9.17) is 8.83 Å². The largest absolute Gasteiger partial charge is 0.468 e. The lowest BCUT2D eigenvalue weighted by atomic mass is 10.2. The van der Waals surface area contributed by atoms with Gasteiger partial charge in [0.2, 0.25) is 0 Å². The number of furan rings is 1. The molecule has 0 aromatic carbocycles. The number of nitrogens with one attached hydrogen (secondary N) is 1. The molecule has 2 rings (SSSR count). The summed E-state index contributed by atoms with van der Waals surface area (Å²) in [5.74, 6) is 1.88. The van der Waals surface area contributed by atoms with E-state index in [9.17, 15) is 0 Å². The Morgan fingerprint density at radius 2 is 2.38 bits per heavy atom. The summed E-state index contributed by atoms with van der Waals surface area (Å²) in [5, 5.41) is 4.08. The van der Waals surface area contributed by atoms with Crippen LogP contribution in [-0.2, 0) is 0 Å². The normalized spacial score (nSPS) is 12.8. The Hall–Kier alpha value is -1.20. The molecule has 2 aromatic rings. The average Bonchev–Trinajstić information content (AvgIpc) is 2.96. The molecule has 4 nitrogen and oxygen atoms in total. The fraction of sp³-hybridized carbons (Fsp3) is 0.364. The van der Waals surface area contributed by atoms with E-state index in [-0.39, 0.29) is 6.04 Å². The molecule has 0 saturated heterocycles.